The molecule has 0 spiro atoms. The number of rotatable bonds is 4. The van der Waals surface area contributed by atoms with Gasteiger partial charge in [-0.05, 0) is 30.7 Å². The van der Waals surface area contributed by atoms with Crippen molar-refractivity contribution in [1.82, 2.24) is 29.9 Å². The molecule has 0 fully saturated rings. The molecule has 0 aliphatic heterocycles. The van der Waals surface area contributed by atoms with Crippen LogP contribution in [0.2, 0.25) is 0 Å². The summed E-state index contributed by atoms with van der Waals surface area (Å²) in [6, 6.07) is 16.1. The molecule has 0 aliphatic carbocycles. The van der Waals surface area contributed by atoms with Gasteiger partial charge in [-0.15, -0.1) is 0 Å². The van der Waals surface area contributed by atoms with Gasteiger partial charge in [0.25, 0.3) is 0 Å². The van der Waals surface area contributed by atoms with Crippen molar-refractivity contribution in [3.63, 3.8) is 0 Å². The summed E-state index contributed by atoms with van der Waals surface area (Å²) < 4.78 is 0. The van der Waals surface area contributed by atoms with Crippen LogP contribution in [-0.2, 0) is 0 Å². The lowest BCUT2D eigenvalue weighted by molar-refractivity contribution is 0.841. The Morgan fingerprint density at radius 2 is 1.82 bits per heavy atom. The first-order valence-electron chi connectivity index (χ1n) is 9.01. The van der Waals surface area contributed by atoms with Crippen LogP contribution in [-0.4, -0.2) is 29.9 Å². The van der Waals surface area contributed by atoms with E-state index in [2.05, 4.69) is 55.4 Å². The second kappa shape index (κ2) is 6.70. The number of pyridine rings is 2. The molecule has 5 rings (SSSR count). The van der Waals surface area contributed by atoms with E-state index in [0.29, 0.717) is 11.5 Å². The van der Waals surface area contributed by atoms with Gasteiger partial charge in [-0.2, -0.15) is 0 Å². The lowest BCUT2D eigenvalue weighted by Crippen LogP contribution is -2.12. The number of aromatic amines is 1. The first-order valence-corrected chi connectivity index (χ1v) is 9.01. The fourth-order valence-electron chi connectivity index (χ4n) is 3.34. The lowest BCUT2D eigenvalue weighted by atomic mass is 9.99. The molecule has 7 nitrogen and oxygen atoms in total. The number of aromatic nitrogens is 6. The molecule has 0 aliphatic rings. The van der Waals surface area contributed by atoms with Crippen LogP contribution in [0.5, 0.6) is 0 Å². The first-order chi connectivity index (χ1) is 13.8. The van der Waals surface area contributed by atoms with Crippen LogP contribution in [0.3, 0.4) is 0 Å². The molecule has 4 heterocycles. The molecule has 7 heteroatoms. The predicted molar refractivity (Wildman–Crippen MR) is 109 cm³/mol. The average molecular weight is 367 g/mol. The Labute approximate surface area is 160 Å². The number of fused-ring (bicyclic) bond motifs is 2. The highest BCUT2D eigenvalue weighted by Crippen LogP contribution is 2.31. The molecule has 1 atom stereocenters. The van der Waals surface area contributed by atoms with Gasteiger partial charge in [-0.1, -0.05) is 30.3 Å². The van der Waals surface area contributed by atoms with Crippen LogP contribution >= 0.6 is 0 Å². The van der Waals surface area contributed by atoms with Gasteiger partial charge < -0.3 is 10.3 Å². The monoisotopic (exact) mass is 367 g/mol. The van der Waals surface area contributed by atoms with Crippen LogP contribution in [0.15, 0.2) is 67.4 Å². The zero-order chi connectivity index (χ0) is 18.9. The van der Waals surface area contributed by atoms with Crippen molar-refractivity contribution in [2.24, 2.45) is 0 Å². The number of imidazole rings is 1. The minimum atomic E-state index is -0.0961. The third kappa shape index (κ3) is 2.83. The molecule has 0 saturated carbocycles. The highest BCUT2D eigenvalue weighted by Gasteiger charge is 2.17. The third-order valence-electron chi connectivity index (χ3n) is 4.69. The molecule has 4 aromatic heterocycles. The Hall–Kier alpha value is -3.87. The normalized spacial score (nSPS) is 12.3. The van der Waals surface area contributed by atoms with Crippen LogP contribution in [0.4, 0.5) is 5.82 Å². The van der Waals surface area contributed by atoms with E-state index in [1.807, 2.05) is 30.3 Å². The van der Waals surface area contributed by atoms with Gasteiger partial charge in [-0.25, -0.2) is 19.9 Å². The number of hydrogen-bond donors (Lipinski definition) is 2. The molecular weight excluding hydrogens is 350 g/mol. The van der Waals surface area contributed by atoms with Gasteiger partial charge in [-0.3, -0.25) is 4.98 Å². The van der Waals surface area contributed by atoms with Crippen LogP contribution < -0.4 is 5.32 Å². The first kappa shape index (κ1) is 16.3. The van der Waals surface area contributed by atoms with Crippen LogP contribution in [0.1, 0.15) is 18.7 Å². The Bertz CT molecular complexity index is 1260. The van der Waals surface area contributed by atoms with Gasteiger partial charge in [0, 0.05) is 11.8 Å². The molecule has 0 saturated heterocycles. The van der Waals surface area contributed by atoms with E-state index in [0.717, 1.165) is 33.4 Å². The maximum atomic E-state index is 4.92. The number of benzene rings is 1. The van der Waals surface area contributed by atoms with Crippen LogP contribution in [0, 0.1) is 0 Å². The number of nitrogens with zero attached hydrogens (tertiary/aromatic N) is 5. The Morgan fingerprint density at radius 1 is 0.929 bits per heavy atom. The van der Waals surface area contributed by atoms with Crippen molar-refractivity contribution in [3.05, 3.63) is 73.1 Å². The van der Waals surface area contributed by atoms with Crippen molar-refractivity contribution in [2.45, 2.75) is 13.0 Å². The van der Waals surface area contributed by atoms with Crippen LogP contribution in [0.25, 0.3) is 33.3 Å². The number of hydrogen-bond acceptors (Lipinski definition) is 6. The number of nitrogens with one attached hydrogen (secondary N) is 2. The van der Waals surface area contributed by atoms with Gasteiger partial charge >= 0.3 is 0 Å². The summed E-state index contributed by atoms with van der Waals surface area (Å²) in [5, 5.41) is 3.46. The van der Waals surface area contributed by atoms with Gasteiger partial charge in [0.2, 0.25) is 0 Å². The van der Waals surface area contributed by atoms with Crippen molar-refractivity contribution >= 4 is 28.0 Å². The maximum absolute atomic E-state index is 4.92. The third-order valence-corrected chi connectivity index (χ3v) is 4.69. The summed E-state index contributed by atoms with van der Waals surface area (Å²) in [4.78, 5) is 25.2. The summed E-state index contributed by atoms with van der Waals surface area (Å²) in [6.07, 6.45) is 4.91. The molecule has 28 heavy (non-hydrogen) atoms. The molecule has 1 aromatic carbocycles. The summed E-state index contributed by atoms with van der Waals surface area (Å²) in [6.45, 7) is 2.07. The highest BCUT2D eigenvalue weighted by atomic mass is 15.1. The zero-order valence-corrected chi connectivity index (χ0v) is 15.2. The van der Waals surface area contributed by atoms with Crippen molar-refractivity contribution in [1.29, 1.82) is 0 Å². The SMILES string of the molecule is CC(Nc1ncnc2nc[nH]c12)c1nc2cccnc2cc1-c1ccccc1. The Balaban J connectivity index is 1.63. The second-order valence-corrected chi connectivity index (χ2v) is 6.52. The molecule has 0 bridgehead atoms. The van der Waals surface area contributed by atoms with E-state index in [-0.39, 0.29) is 6.04 Å². The van der Waals surface area contributed by atoms with Gasteiger partial charge in [0.05, 0.1) is 29.1 Å². The molecule has 136 valence electrons. The number of H-pyrrole nitrogens is 1. The van der Waals surface area contributed by atoms with Crippen molar-refractivity contribution in [3.8, 4) is 11.1 Å². The van der Waals surface area contributed by atoms with E-state index in [4.69, 9.17) is 4.98 Å². The molecule has 0 amide bonds. The molecule has 0 radical (unpaired) electrons. The van der Waals surface area contributed by atoms with Gasteiger partial charge in [0.1, 0.15) is 11.8 Å². The van der Waals surface area contributed by atoms with Gasteiger partial charge in [0.15, 0.2) is 11.5 Å². The van der Waals surface area contributed by atoms with Crippen molar-refractivity contribution < 1.29 is 0 Å². The molecular formula is C21H17N7. The zero-order valence-electron chi connectivity index (χ0n) is 15.2. The average Bonchev–Trinajstić information content (AvgIpc) is 3.23. The summed E-state index contributed by atoms with van der Waals surface area (Å²) >= 11 is 0. The molecule has 2 N–H and O–H groups in total. The summed E-state index contributed by atoms with van der Waals surface area (Å²) in [5.74, 6) is 0.696. The molecule has 5 aromatic rings. The van der Waals surface area contributed by atoms with E-state index in [9.17, 15) is 0 Å². The quantitative estimate of drug-likeness (QED) is 0.496. The predicted octanol–water partition coefficient (Wildman–Crippen LogP) is 4.14. The van der Waals surface area contributed by atoms with E-state index >= 15 is 0 Å². The Kier molecular flexibility index (Phi) is 3.90. The summed E-state index contributed by atoms with van der Waals surface area (Å²) in [7, 11) is 0. The van der Waals surface area contributed by atoms with E-state index < -0.39 is 0 Å². The number of anilines is 1. The Morgan fingerprint density at radius 3 is 2.71 bits per heavy atom. The second-order valence-electron chi connectivity index (χ2n) is 6.52. The maximum Gasteiger partial charge on any atom is 0.182 e. The smallest absolute Gasteiger partial charge is 0.182 e. The lowest BCUT2D eigenvalue weighted by Gasteiger charge is -2.18. The topological polar surface area (TPSA) is 92.3 Å². The standard InChI is InChI=1S/C21H17N7/c1-13(27-21-19-20(24-11-23-19)25-12-26-21)18-15(14-6-3-2-4-7-14)10-17-16(28-18)8-5-9-22-17/h2-13H,1H3,(H2,23,24,25,26,27). The fourth-order valence-corrected chi connectivity index (χ4v) is 3.34. The highest BCUT2D eigenvalue weighted by molar-refractivity contribution is 5.84. The minimum Gasteiger partial charge on any atom is -0.360 e. The summed E-state index contributed by atoms with van der Waals surface area (Å²) in [5.41, 5.74) is 6.21. The van der Waals surface area contributed by atoms with E-state index in [1.165, 1.54) is 6.33 Å². The fraction of sp³-hybridized carbons (Fsp3) is 0.0952. The molecule has 1 unspecified atom stereocenters. The minimum absolute atomic E-state index is 0.0961. The van der Waals surface area contributed by atoms with Crippen molar-refractivity contribution in [2.75, 3.05) is 5.32 Å². The van der Waals surface area contributed by atoms with E-state index in [1.54, 1.807) is 12.5 Å². The largest absolute Gasteiger partial charge is 0.360 e.